The molecule has 0 spiro atoms. The number of carbonyl (C=O) groups is 2. The van der Waals surface area contributed by atoms with E-state index >= 15 is 0 Å². The van der Waals surface area contributed by atoms with Crippen molar-refractivity contribution >= 4 is 33.6 Å². The average molecular weight is 542 g/mol. The zero-order valence-corrected chi connectivity index (χ0v) is 21.8. The van der Waals surface area contributed by atoms with E-state index in [0.717, 1.165) is 12.7 Å². The first kappa shape index (κ1) is 27.7. The summed E-state index contributed by atoms with van der Waals surface area (Å²) >= 11 is 6.02. The molecule has 0 unspecified atom stereocenters. The van der Waals surface area contributed by atoms with Crippen molar-refractivity contribution in [3.05, 3.63) is 64.4 Å². The minimum atomic E-state index is -4.08. The Morgan fingerprint density at radius 1 is 1.11 bits per heavy atom. The molecule has 36 heavy (non-hydrogen) atoms. The topological polar surface area (TPSA) is 105 Å². The molecule has 2 atom stereocenters. The summed E-state index contributed by atoms with van der Waals surface area (Å²) in [6.45, 7) is 5.43. The summed E-state index contributed by atoms with van der Waals surface area (Å²) in [5.41, 5.74) is 1.18. The highest BCUT2D eigenvalue weighted by molar-refractivity contribution is 7.89. The van der Waals surface area contributed by atoms with Crippen LogP contribution in [0.15, 0.2) is 42.5 Å². The lowest BCUT2D eigenvalue weighted by Gasteiger charge is -2.44. The Labute approximate surface area is 215 Å². The largest absolute Gasteiger partial charge is 0.483 e. The number of methoxy groups -OCH3 is 1. The summed E-state index contributed by atoms with van der Waals surface area (Å²) in [6, 6.07) is 10.7. The van der Waals surface area contributed by atoms with Gasteiger partial charge in [0.1, 0.15) is 11.6 Å². The molecule has 0 aromatic heterocycles. The van der Waals surface area contributed by atoms with Crippen molar-refractivity contribution in [3.63, 3.8) is 0 Å². The van der Waals surface area contributed by atoms with Crippen LogP contribution < -0.4 is 9.46 Å². The molecule has 3 rings (SSSR count). The fraction of sp³-hybridized carbons (Fsp3) is 0.417. The Bertz CT molecular complexity index is 1190. The SMILES string of the molecule is COC(=O)NS(=O)(=O)Cc1cc(Cl)ccc1OCC(=O)N1C[C@H](C)N(Cc2ccc(F)cc2)C[C@H]1C. The molecule has 0 saturated carbocycles. The summed E-state index contributed by atoms with van der Waals surface area (Å²) in [4.78, 5) is 28.3. The normalized spacial score (nSPS) is 18.5. The van der Waals surface area contributed by atoms with Crippen molar-refractivity contribution in [3.8, 4) is 5.75 Å². The number of hydrogen-bond acceptors (Lipinski definition) is 7. The van der Waals surface area contributed by atoms with E-state index in [-0.39, 0.29) is 46.8 Å². The van der Waals surface area contributed by atoms with E-state index in [0.29, 0.717) is 19.6 Å². The van der Waals surface area contributed by atoms with Crippen molar-refractivity contribution in [2.24, 2.45) is 0 Å². The van der Waals surface area contributed by atoms with Crippen LogP contribution in [0.2, 0.25) is 5.02 Å². The molecule has 2 aromatic rings. The number of amides is 2. The Balaban J connectivity index is 1.62. The molecular weight excluding hydrogens is 513 g/mol. The maximum absolute atomic E-state index is 13.2. The predicted octanol–water partition coefficient (Wildman–Crippen LogP) is 3.17. The van der Waals surface area contributed by atoms with Gasteiger partial charge in [0.15, 0.2) is 6.61 Å². The molecule has 0 bridgehead atoms. The lowest BCUT2D eigenvalue weighted by Crippen LogP contribution is -2.58. The second kappa shape index (κ2) is 11.9. The van der Waals surface area contributed by atoms with Crippen LogP contribution in [-0.4, -0.2) is 69.1 Å². The Morgan fingerprint density at radius 2 is 1.81 bits per heavy atom. The third kappa shape index (κ3) is 7.55. The molecule has 1 aliphatic rings. The summed E-state index contributed by atoms with van der Waals surface area (Å²) in [7, 11) is -3.03. The number of piperazine rings is 1. The summed E-state index contributed by atoms with van der Waals surface area (Å²) in [5, 5.41) is 0.275. The van der Waals surface area contributed by atoms with Crippen molar-refractivity contribution in [1.29, 1.82) is 0 Å². The molecule has 1 aliphatic heterocycles. The van der Waals surface area contributed by atoms with E-state index in [9.17, 15) is 22.4 Å². The van der Waals surface area contributed by atoms with E-state index in [2.05, 4.69) is 9.64 Å². The van der Waals surface area contributed by atoms with Crippen molar-refractivity contribution in [1.82, 2.24) is 14.5 Å². The zero-order valence-electron chi connectivity index (χ0n) is 20.2. The first-order valence-electron chi connectivity index (χ1n) is 11.2. The molecule has 0 aliphatic carbocycles. The van der Waals surface area contributed by atoms with Gasteiger partial charge in [-0.1, -0.05) is 23.7 Å². The number of ether oxygens (including phenoxy) is 2. The van der Waals surface area contributed by atoms with Gasteiger partial charge in [-0.15, -0.1) is 0 Å². The zero-order chi connectivity index (χ0) is 26.5. The highest BCUT2D eigenvalue weighted by Crippen LogP contribution is 2.25. The molecular formula is C24H29ClFN3O6S. The third-order valence-corrected chi connectivity index (χ3v) is 7.28. The second-order valence-corrected chi connectivity index (χ2v) is 10.9. The monoisotopic (exact) mass is 541 g/mol. The average Bonchev–Trinajstić information content (AvgIpc) is 2.81. The lowest BCUT2D eigenvalue weighted by molar-refractivity contribution is -0.139. The van der Waals surface area contributed by atoms with Gasteiger partial charge in [0.25, 0.3) is 5.91 Å². The van der Waals surface area contributed by atoms with Gasteiger partial charge in [0, 0.05) is 42.3 Å². The maximum Gasteiger partial charge on any atom is 0.420 e. The summed E-state index contributed by atoms with van der Waals surface area (Å²) in [5.74, 6) is -0.954. The molecule has 1 fully saturated rings. The molecule has 1 N–H and O–H groups in total. The number of sulfonamides is 1. The van der Waals surface area contributed by atoms with Crippen LogP contribution in [-0.2, 0) is 31.9 Å². The second-order valence-electron chi connectivity index (χ2n) is 8.69. The van der Waals surface area contributed by atoms with E-state index in [4.69, 9.17) is 16.3 Å². The Morgan fingerprint density at radius 3 is 2.47 bits per heavy atom. The highest BCUT2D eigenvalue weighted by atomic mass is 35.5. The van der Waals surface area contributed by atoms with E-state index in [1.807, 2.05) is 13.8 Å². The first-order valence-corrected chi connectivity index (χ1v) is 13.3. The number of carbonyl (C=O) groups excluding carboxylic acids is 2. The van der Waals surface area contributed by atoms with Gasteiger partial charge in [0.2, 0.25) is 10.0 Å². The fourth-order valence-corrected chi connectivity index (χ4v) is 5.26. The smallest absolute Gasteiger partial charge is 0.420 e. The van der Waals surface area contributed by atoms with Crippen LogP contribution >= 0.6 is 11.6 Å². The van der Waals surface area contributed by atoms with Gasteiger partial charge in [-0.2, -0.15) is 0 Å². The van der Waals surface area contributed by atoms with Crippen LogP contribution in [0.5, 0.6) is 5.75 Å². The predicted molar refractivity (Wildman–Crippen MR) is 133 cm³/mol. The molecule has 1 saturated heterocycles. The van der Waals surface area contributed by atoms with Gasteiger partial charge in [-0.3, -0.25) is 9.69 Å². The number of rotatable bonds is 8. The van der Waals surface area contributed by atoms with Crippen LogP contribution in [0.1, 0.15) is 25.0 Å². The number of nitrogens with zero attached hydrogens (tertiary/aromatic N) is 2. The molecule has 0 radical (unpaired) electrons. The lowest BCUT2D eigenvalue weighted by atomic mass is 10.1. The molecule has 12 heteroatoms. The first-order chi connectivity index (χ1) is 17.0. The van der Waals surface area contributed by atoms with Crippen LogP contribution in [0, 0.1) is 5.82 Å². The quantitative estimate of drug-likeness (QED) is 0.547. The van der Waals surface area contributed by atoms with Crippen LogP contribution in [0.3, 0.4) is 0 Å². The van der Waals surface area contributed by atoms with E-state index < -0.39 is 21.9 Å². The molecule has 9 nitrogen and oxygen atoms in total. The van der Waals surface area contributed by atoms with Crippen molar-refractivity contribution < 1.29 is 31.9 Å². The maximum atomic E-state index is 13.2. The molecule has 196 valence electrons. The van der Waals surface area contributed by atoms with Crippen LogP contribution in [0.4, 0.5) is 9.18 Å². The van der Waals surface area contributed by atoms with E-state index in [1.54, 1.807) is 21.8 Å². The number of hydrogen-bond donors (Lipinski definition) is 1. The van der Waals surface area contributed by atoms with Gasteiger partial charge in [-0.05, 0) is 49.7 Å². The van der Waals surface area contributed by atoms with Crippen LogP contribution in [0.25, 0.3) is 0 Å². The van der Waals surface area contributed by atoms with Gasteiger partial charge in [0.05, 0.1) is 12.9 Å². The minimum Gasteiger partial charge on any atom is -0.483 e. The highest BCUT2D eigenvalue weighted by Gasteiger charge is 2.32. The Hall–Kier alpha value is -2.89. The fourth-order valence-electron chi connectivity index (χ4n) is 4.02. The summed E-state index contributed by atoms with van der Waals surface area (Å²) in [6.07, 6.45) is -1.11. The number of nitrogens with one attached hydrogen (secondary N) is 1. The third-order valence-electron chi connectivity index (χ3n) is 5.88. The summed E-state index contributed by atoms with van der Waals surface area (Å²) < 4.78 is 49.5. The number of benzene rings is 2. The van der Waals surface area contributed by atoms with Crippen molar-refractivity contribution in [2.45, 2.75) is 38.2 Å². The standard InChI is InChI=1S/C24H29ClFN3O6S/c1-16-12-29(17(2)11-28(16)13-18-4-7-21(26)8-5-18)23(30)14-35-22-9-6-20(25)10-19(22)15-36(32,33)27-24(31)34-3/h4-10,16-17H,11-15H2,1-3H3,(H,27,31)/t16-,17+/m0/s1. The van der Waals surface area contributed by atoms with E-state index in [1.165, 1.54) is 30.3 Å². The van der Waals surface area contributed by atoms with Gasteiger partial charge >= 0.3 is 6.09 Å². The number of halogens is 2. The minimum absolute atomic E-state index is 0.0656. The van der Waals surface area contributed by atoms with Crippen molar-refractivity contribution in [2.75, 3.05) is 26.8 Å². The molecule has 2 amide bonds. The van der Waals surface area contributed by atoms with Gasteiger partial charge in [-0.25, -0.2) is 22.3 Å². The van der Waals surface area contributed by atoms with Gasteiger partial charge < -0.3 is 14.4 Å². The molecule has 2 aromatic carbocycles. The Kier molecular flexibility index (Phi) is 9.15. The molecule has 1 heterocycles.